The molecule has 0 nitrogen and oxygen atoms in total. The van der Waals surface area contributed by atoms with Gasteiger partial charge in [-0.1, -0.05) is 74.7 Å². The van der Waals surface area contributed by atoms with Crippen LogP contribution < -0.4 is 0 Å². The van der Waals surface area contributed by atoms with Gasteiger partial charge in [-0.15, -0.1) is 0 Å². The van der Waals surface area contributed by atoms with Crippen LogP contribution in [-0.2, 0) is 5.92 Å². The maximum Gasteiger partial charge on any atom is 0.460 e. The molecular formula is C26H27F9. The van der Waals surface area contributed by atoms with Crippen molar-refractivity contribution < 1.29 is 39.5 Å². The van der Waals surface area contributed by atoms with E-state index in [2.05, 4.69) is 6.92 Å². The first-order chi connectivity index (χ1) is 16.2. The zero-order valence-electron chi connectivity index (χ0n) is 19.1. The van der Waals surface area contributed by atoms with Gasteiger partial charge in [0.2, 0.25) is 0 Å². The van der Waals surface area contributed by atoms with Crippen LogP contribution in [0.3, 0.4) is 0 Å². The van der Waals surface area contributed by atoms with Crippen molar-refractivity contribution in [1.82, 2.24) is 0 Å². The van der Waals surface area contributed by atoms with E-state index in [9.17, 15) is 39.5 Å². The normalized spacial score (nSPS) is 20.2. The van der Waals surface area contributed by atoms with Gasteiger partial charge in [0.1, 0.15) is 0 Å². The molecule has 0 bridgehead atoms. The Morgan fingerprint density at radius 1 is 0.657 bits per heavy atom. The van der Waals surface area contributed by atoms with Crippen molar-refractivity contribution in [3.8, 4) is 11.1 Å². The number of benzene rings is 2. The largest absolute Gasteiger partial charge is 0.460 e. The van der Waals surface area contributed by atoms with E-state index in [4.69, 9.17) is 0 Å². The van der Waals surface area contributed by atoms with E-state index in [0.29, 0.717) is 29.2 Å². The average Bonchev–Trinajstić information content (AvgIpc) is 2.82. The number of unbranched alkanes of at least 4 members (excludes halogenated alkanes) is 1. The third-order valence-corrected chi connectivity index (χ3v) is 6.92. The van der Waals surface area contributed by atoms with Crippen molar-refractivity contribution in [3.05, 3.63) is 59.7 Å². The predicted octanol–water partition coefficient (Wildman–Crippen LogP) is 9.74. The molecule has 1 aliphatic carbocycles. The lowest BCUT2D eigenvalue weighted by Gasteiger charge is -2.33. The van der Waals surface area contributed by atoms with Gasteiger partial charge in [-0.05, 0) is 54.2 Å². The Morgan fingerprint density at radius 3 is 1.60 bits per heavy atom. The fourth-order valence-corrected chi connectivity index (χ4v) is 4.65. The van der Waals surface area contributed by atoms with E-state index in [0.717, 1.165) is 36.5 Å². The fourth-order valence-electron chi connectivity index (χ4n) is 4.65. The first kappa shape index (κ1) is 27.4. The molecule has 0 radical (unpaired) electrons. The Morgan fingerprint density at radius 2 is 1.14 bits per heavy atom. The highest BCUT2D eigenvalue weighted by atomic mass is 19.4. The van der Waals surface area contributed by atoms with Crippen molar-refractivity contribution in [2.75, 3.05) is 0 Å². The number of rotatable bonds is 8. The molecule has 0 N–H and O–H groups in total. The second kappa shape index (κ2) is 10.1. The molecule has 2 aromatic carbocycles. The van der Waals surface area contributed by atoms with Gasteiger partial charge >= 0.3 is 23.9 Å². The average molecular weight is 510 g/mol. The lowest BCUT2D eigenvalue weighted by atomic mass is 9.77. The van der Waals surface area contributed by atoms with Gasteiger partial charge in [-0.25, -0.2) is 0 Å². The molecule has 0 spiro atoms. The molecule has 2 aromatic rings. The van der Waals surface area contributed by atoms with Gasteiger partial charge in [-0.3, -0.25) is 0 Å². The monoisotopic (exact) mass is 510 g/mol. The SMILES string of the molecule is CCCCC1CCC(c2ccc(-c3ccc(C(F)(F)C(F)(F)C(F)(F)C(F)(F)F)cc3)cc2)CC1. The highest BCUT2D eigenvalue weighted by Gasteiger charge is 2.82. The molecule has 0 aromatic heterocycles. The smallest absolute Gasteiger partial charge is 0.194 e. The van der Waals surface area contributed by atoms with E-state index in [1.807, 2.05) is 12.1 Å². The van der Waals surface area contributed by atoms with Gasteiger partial charge in [0.25, 0.3) is 0 Å². The molecule has 1 fully saturated rings. The van der Waals surface area contributed by atoms with Crippen molar-refractivity contribution in [3.63, 3.8) is 0 Å². The van der Waals surface area contributed by atoms with Gasteiger partial charge in [0, 0.05) is 5.56 Å². The molecule has 1 aliphatic rings. The van der Waals surface area contributed by atoms with E-state index in [-0.39, 0.29) is 0 Å². The Labute approximate surface area is 198 Å². The van der Waals surface area contributed by atoms with Crippen LogP contribution in [0.1, 0.15) is 68.9 Å². The molecule has 35 heavy (non-hydrogen) atoms. The summed E-state index contributed by atoms with van der Waals surface area (Å²) in [6.45, 7) is 2.17. The number of alkyl halides is 9. The van der Waals surface area contributed by atoms with Crippen LogP contribution in [-0.4, -0.2) is 18.0 Å². The van der Waals surface area contributed by atoms with Crippen LogP contribution >= 0.6 is 0 Å². The first-order valence-electron chi connectivity index (χ1n) is 11.6. The van der Waals surface area contributed by atoms with Gasteiger partial charge < -0.3 is 0 Å². The van der Waals surface area contributed by atoms with Crippen LogP contribution in [0.25, 0.3) is 11.1 Å². The summed E-state index contributed by atoms with van der Waals surface area (Å²) in [6.07, 6.45) is 1.32. The Balaban J connectivity index is 1.72. The highest BCUT2D eigenvalue weighted by Crippen LogP contribution is 2.56. The maximum atomic E-state index is 14.1. The molecule has 0 aliphatic heterocycles. The molecule has 194 valence electrons. The third-order valence-electron chi connectivity index (χ3n) is 6.92. The van der Waals surface area contributed by atoms with Crippen LogP contribution in [0.5, 0.6) is 0 Å². The summed E-state index contributed by atoms with van der Waals surface area (Å²) in [4.78, 5) is 0. The Kier molecular flexibility index (Phi) is 7.87. The zero-order chi connectivity index (χ0) is 26.1. The second-order valence-corrected chi connectivity index (χ2v) is 9.28. The number of hydrogen-bond donors (Lipinski definition) is 0. The van der Waals surface area contributed by atoms with E-state index < -0.39 is 29.5 Å². The Hall–Kier alpha value is -2.19. The quantitative estimate of drug-likeness (QED) is 0.310. The first-order valence-corrected chi connectivity index (χ1v) is 11.6. The molecular weight excluding hydrogens is 483 g/mol. The second-order valence-electron chi connectivity index (χ2n) is 9.28. The lowest BCUT2D eigenvalue weighted by Crippen LogP contribution is -2.59. The maximum absolute atomic E-state index is 14.1. The minimum Gasteiger partial charge on any atom is -0.194 e. The van der Waals surface area contributed by atoms with Gasteiger partial charge in [-0.2, -0.15) is 39.5 Å². The van der Waals surface area contributed by atoms with Crippen molar-refractivity contribution in [2.24, 2.45) is 5.92 Å². The molecule has 0 saturated heterocycles. The van der Waals surface area contributed by atoms with Crippen LogP contribution in [0.2, 0.25) is 0 Å². The Bertz CT molecular complexity index is 952. The third kappa shape index (κ3) is 5.33. The van der Waals surface area contributed by atoms with Crippen LogP contribution in [0, 0.1) is 5.92 Å². The molecule has 0 amide bonds. The zero-order valence-corrected chi connectivity index (χ0v) is 19.1. The summed E-state index contributed by atoms with van der Waals surface area (Å²) < 4.78 is 119. The summed E-state index contributed by atoms with van der Waals surface area (Å²) in [6, 6.07) is 10.2. The van der Waals surface area contributed by atoms with Crippen LogP contribution in [0.4, 0.5) is 39.5 Å². The summed E-state index contributed by atoms with van der Waals surface area (Å²) in [5, 5.41) is 0. The van der Waals surface area contributed by atoms with Crippen molar-refractivity contribution in [2.45, 2.75) is 81.7 Å². The molecule has 0 atom stereocenters. The summed E-state index contributed by atoms with van der Waals surface area (Å²) in [5.41, 5.74) is 0.421. The molecule has 1 saturated carbocycles. The lowest BCUT2D eigenvalue weighted by molar-refractivity contribution is -0.399. The highest BCUT2D eigenvalue weighted by molar-refractivity contribution is 5.64. The van der Waals surface area contributed by atoms with Crippen LogP contribution in [0.15, 0.2) is 48.5 Å². The topological polar surface area (TPSA) is 0 Å². The number of halogens is 9. The van der Waals surface area contributed by atoms with E-state index in [1.54, 1.807) is 12.1 Å². The minimum absolute atomic E-state index is 0.338. The molecule has 0 heterocycles. The minimum atomic E-state index is -6.91. The summed E-state index contributed by atoms with van der Waals surface area (Å²) >= 11 is 0. The fraction of sp³-hybridized carbons (Fsp3) is 0.538. The standard InChI is InChI=1S/C26H27F9/c1-2-3-4-17-5-7-18(8-6-17)19-9-11-20(12-10-19)21-13-15-22(16-14-21)23(27,28)24(29,30)25(31,32)26(33,34)35/h9-18H,2-8H2,1H3. The van der Waals surface area contributed by atoms with Crippen molar-refractivity contribution in [1.29, 1.82) is 0 Å². The number of hydrogen-bond acceptors (Lipinski definition) is 0. The van der Waals surface area contributed by atoms with Gasteiger partial charge in [0.05, 0.1) is 0 Å². The van der Waals surface area contributed by atoms with Crippen molar-refractivity contribution >= 4 is 0 Å². The predicted molar refractivity (Wildman–Crippen MR) is 116 cm³/mol. The van der Waals surface area contributed by atoms with Gasteiger partial charge in [0.15, 0.2) is 0 Å². The summed E-state index contributed by atoms with van der Waals surface area (Å²) in [7, 11) is 0. The summed E-state index contributed by atoms with van der Waals surface area (Å²) in [5.74, 6) is -18.2. The molecule has 9 heteroatoms. The van der Waals surface area contributed by atoms with E-state index >= 15 is 0 Å². The molecule has 0 unspecified atom stereocenters. The molecule has 3 rings (SSSR count). The van der Waals surface area contributed by atoms with E-state index in [1.165, 1.54) is 32.1 Å².